The minimum absolute atomic E-state index is 0. The van der Waals surface area contributed by atoms with E-state index in [2.05, 4.69) is 11.7 Å². The van der Waals surface area contributed by atoms with E-state index < -0.39 is 12.6 Å². The first-order valence-electron chi connectivity index (χ1n) is 4.76. The van der Waals surface area contributed by atoms with Crippen molar-refractivity contribution < 1.29 is 36.4 Å². The summed E-state index contributed by atoms with van der Waals surface area (Å²) in [5.74, 6) is -0.607. The van der Waals surface area contributed by atoms with Crippen LogP contribution in [-0.4, -0.2) is 17.7 Å². The van der Waals surface area contributed by atoms with Gasteiger partial charge in [0.1, 0.15) is 6.61 Å². The summed E-state index contributed by atoms with van der Waals surface area (Å²) in [5.41, 5.74) is 0. The van der Waals surface area contributed by atoms with Crippen molar-refractivity contribution in [2.75, 3.05) is 6.61 Å². The molecule has 0 radical (unpaired) electrons. The number of aliphatic hydroxyl groups is 1. The summed E-state index contributed by atoms with van der Waals surface area (Å²) in [7, 11) is 0. The first-order chi connectivity index (χ1) is 6.31. The molecule has 0 amide bonds. The molecule has 3 nitrogen and oxygen atoms in total. The fraction of sp³-hybridized carbons (Fsp3) is 0.700. The summed E-state index contributed by atoms with van der Waals surface area (Å²) in [6.07, 6.45) is 8.91. The fourth-order valence-electron chi connectivity index (χ4n) is 0.918. The van der Waals surface area contributed by atoms with Crippen LogP contribution in [0.3, 0.4) is 0 Å². The number of hydrogen-bond acceptors (Lipinski definition) is 3. The third kappa shape index (κ3) is 11.9. The van der Waals surface area contributed by atoms with Gasteiger partial charge in [-0.3, -0.25) is 0 Å². The van der Waals surface area contributed by atoms with Crippen molar-refractivity contribution >= 4 is 5.97 Å². The SMILES string of the molecule is CCCCCCC=COC(=O)CO.[Ti]. The first kappa shape index (κ1) is 16.3. The maximum Gasteiger partial charge on any atom is 0.336 e. The Morgan fingerprint density at radius 1 is 1.36 bits per heavy atom. The van der Waals surface area contributed by atoms with Gasteiger partial charge in [-0.15, -0.1) is 0 Å². The molecular formula is C10H18O3Ti. The van der Waals surface area contributed by atoms with E-state index in [1.807, 2.05) is 6.08 Å². The monoisotopic (exact) mass is 234 g/mol. The maximum atomic E-state index is 10.4. The Hall–Kier alpha value is -0.116. The summed E-state index contributed by atoms with van der Waals surface area (Å²) in [6, 6.07) is 0. The second-order valence-corrected chi connectivity index (χ2v) is 2.87. The molecular weight excluding hydrogens is 216 g/mol. The van der Waals surface area contributed by atoms with Crippen LogP contribution in [0.2, 0.25) is 0 Å². The number of aliphatic hydroxyl groups excluding tert-OH is 1. The van der Waals surface area contributed by atoms with Crippen LogP contribution >= 0.6 is 0 Å². The van der Waals surface area contributed by atoms with Gasteiger partial charge in [0.15, 0.2) is 0 Å². The summed E-state index contributed by atoms with van der Waals surface area (Å²) < 4.78 is 4.53. The van der Waals surface area contributed by atoms with Gasteiger partial charge in [0, 0.05) is 21.7 Å². The van der Waals surface area contributed by atoms with E-state index in [1.54, 1.807) is 0 Å². The average Bonchev–Trinajstić information content (AvgIpc) is 2.16. The summed E-state index contributed by atoms with van der Waals surface area (Å²) >= 11 is 0. The van der Waals surface area contributed by atoms with Crippen LogP contribution in [0.5, 0.6) is 0 Å². The number of carbonyl (C=O) groups is 1. The van der Waals surface area contributed by atoms with E-state index in [-0.39, 0.29) is 21.7 Å². The zero-order chi connectivity index (χ0) is 9.94. The predicted octanol–water partition coefficient (Wildman–Crippen LogP) is 2.00. The van der Waals surface area contributed by atoms with Crippen molar-refractivity contribution in [2.24, 2.45) is 0 Å². The maximum absolute atomic E-state index is 10.4. The van der Waals surface area contributed by atoms with Crippen molar-refractivity contribution in [3.63, 3.8) is 0 Å². The summed E-state index contributed by atoms with van der Waals surface area (Å²) in [6.45, 7) is 1.61. The molecule has 0 rings (SSSR count). The van der Waals surface area contributed by atoms with Crippen molar-refractivity contribution in [3.05, 3.63) is 12.3 Å². The van der Waals surface area contributed by atoms with Crippen LogP contribution in [0, 0.1) is 0 Å². The van der Waals surface area contributed by atoms with Gasteiger partial charge in [-0.2, -0.15) is 0 Å². The molecule has 0 saturated carbocycles. The van der Waals surface area contributed by atoms with Crippen molar-refractivity contribution in [3.8, 4) is 0 Å². The van der Waals surface area contributed by atoms with Crippen molar-refractivity contribution in [1.82, 2.24) is 0 Å². The van der Waals surface area contributed by atoms with Gasteiger partial charge in [0.05, 0.1) is 6.26 Å². The largest absolute Gasteiger partial charge is 0.433 e. The molecule has 0 aromatic heterocycles. The van der Waals surface area contributed by atoms with Gasteiger partial charge >= 0.3 is 5.97 Å². The molecule has 0 atom stereocenters. The van der Waals surface area contributed by atoms with Crippen LogP contribution in [-0.2, 0) is 31.2 Å². The molecule has 0 fully saturated rings. The fourth-order valence-corrected chi connectivity index (χ4v) is 0.918. The van der Waals surface area contributed by atoms with Gasteiger partial charge in [0.25, 0.3) is 0 Å². The number of unbranched alkanes of at least 4 members (excludes halogenated alkanes) is 4. The summed E-state index contributed by atoms with van der Waals surface area (Å²) in [4.78, 5) is 10.4. The topological polar surface area (TPSA) is 46.5 Å². The van der Waals surface area contributed by atoms with Crippen molar-refractivity contribution in [1.29, 1.82) is 0 Å². The van der Waals surface area contributed by atoms with Crippen LogP contribution in [0.25, 0.3) is 0 Å². The third-order valence-electron chi connectivity index (χ3n) is 1.65. The first-order valence-corrected chi connectivity index (χ1v) is 4.76. The Bertz CT molecular complexity index is 157. The molecule has 0 aliphatic carbocycles. The van der Waals surface area contributed by atoms with E-state index in [0.29, 0.717) is 0 Å². The minimum atomic E-state index is -0.607. The second kappa shape index (κ2) is 12.9. The van der Waals surface area contributed by atoms with Gasteiger partial charge in [-0.05, 0) is 18.9 Å². The third-order valence-corrected chi connectivity index (χ3v) is 1.65. The Labute approximate surface area is 100 Å². The van der Waals surface area contributed by atoms with Gasteiger partial charge < -0.3 is 9.84 Å². The van der Waals surface area contributed by atoms with E-state index in [1.165, 1.54) is 25.5 Å². The minimum Gasteiger partial charge on any atom is -0.433 e. The molecule has 14 heavy (non-hydrogen) atoms. The quantitative estimate of drug-likeness (QED) is 0.317. The Kier molecular flexibility index (Phi) is 15.0. The Balaban J connectivity index is 0. The zero-order valence-electron chi connectivity index (χ0n) is 8.66. The number of esters is 1. The number of hydrogen-bond donors (Lipinski definition) is 1. The van der Waals surface area contributed by atoms with Crippen LogP contribution in [0.1, 0.15) is 39.0 Å². The van der Waals surface area contributed by atoms with Crippen molar-refractivity contribution in [2.45, 2.75) is 39.0 Å². The van der Waals surface area contributed by atoms with Gasteiger partial charge in [-0.1, -0.05) is 26.2 Å². The number of allylic oxidation sites excluding steroid dienone is 1. The molecule has 80 valence electrons. The van der Waals surface area contributed by atoms with E-state index in [9.17, 15) is 4.79 Å². The molecule has 0 unspecified atom stereocenters. The number of rotatable bonds is 7. The molecule has 0 heterocycles. The zero-order valence-corrected chi connectivity index (χ0v) is 10.2. The van der Waals surface area contributed by atoms with E-state index in [0.717, 1.165) is 12.8 Å². The van der Waals surface area contributed by atoms with Crippen LogP contribution in [0.4, 0.5) is 0 Å². The molecule has 0 spiro atoms. The molecule has 0 aromatic carbocycles. The molecule has 0 bridgehead atoms. The smallest absolute Gasteiger partial charge is 0.336 e. The molecule has 0 aliphatic rings. The van der Waals surface area contributed by atoms with Gasteiger partial charge in [-0.25, -0.2) is 4.79 Å². The summed E-state index contributed by atoms with van der Waals surface area (Å²) in [5, 5.41) is 8.30. The predicted molar refractivity (Wildman–Crippen MR) is 51.1 cm³/mol. The molecule has 4 heteroatoms. The normalized spacial score (nSPS) is 9.86. The molecule has 0 saturated heterocycles. The van der Waals surface area contributed by atoms with Crippen LogP contribution in [0.15, 0.2) is 12.3 Å². The van der Waals surface area contributed by atoms with E-state index in [4.69, 9.17) is 5.11 Å². The Morgan fingerprint density at radius 2 is 2.07 bits per heavy atom. The molecule has 0 aliphatic heterocycles. The standard InChI is InChI=1S/C10H18O3.Ti/c1-2-3-4-5-6-7-8-13-10(12)9-11;/h7-8,11H,2-6,9H2,1H3;. The molecule has 0 aromatic rings. The van der Waals surface area contributed by atoms with E-state index >= 15 is 0 Å². The molecule has 1 N–H and O–H groups in total. The Morgan fingerprint density at radius 3 is 2.64 bits per heavy atom. The number of carbonyl (C=O) groups excluding carboxylic acids is 1. The van der Waals surface area contributed by atoms with Gasteiger partial charge in [0.2, 0.25) is 0 Å². The van der Waals surface area contributed by atoms with Crippen LogP contribution < -0.4 is 0 Å². The number of ether oxygens (including phenoxy) is 1. The second-order valence-electron chi connectivity index (χ2n) is 2.87. The average molecular weight is 234 g/mol.